The lowest BCUT2D eigenvalue weighted by Gasteiger charge is -2.19. The van der Waals surface area contributed by atoms with Crippen molar-refractivity contribution in [2.45, 2.75) is 13.0 Å². The molecule has 0 fully saturated rings. The standard InChI is InChI=1S/C13H13BrFN3/c1-8-4-5-17-7-11(8)13(18-16)10-6-9(15)2-3-12(10)14/h2-7,13,18H,16H2,1H3. The molecule has 0 aliphatic rings. The van der Waals surface area contributed by atoms with Gasteiger partial charge in [-0.25, -0.2) is 9.82 Å². The van der Waals surface area contributed by atoms with Gasteiger partial charge in [0.15, 0.2) is 0 Å². The van der Waals surface area contributed by atoms with Gasteiger partial charge in [0.1, 0.15) is 5.82 Å². The van der Waals surface area contributed by atoms with Gasteiger partial charge in [-0.15, -0.1) is 0 Å². The first-order valence-corrected chi connectivity index (χ1v) is 6.24. The van der Waals surface area contributed by atoms with Crippen LogP contribution in [-0.4, -0.2) is 4.98 Å². The van der Waals surface area contributed by atoms with Crippen molar-refractivity contribution in [1.82, 2.24) is 10.4 Å². The Morgan fingerprint density at radius 1 is 1.33 bits per heavy atom. The molecule has 5 heteroatoms. The Morgan fingerprint density at radius 2 is 2.11 bits per heavy atom. The van der Waals surface area contributed by atoms with Crippen LogP contribution in [0.15, 0.2) is 41.1 Å². The average molecular weight is 310 g/mol. The third kappa shape index (κ3) is 2.58. The molecule has 0 aliphatic carbocycles. The zero-order valence-corrected chi connectivity index (χ0v) is 11.4. The number of aromatic nitrogens is 1. The number of nitrogens with zero attached hydrogens (tertiary/aromatic N) is 1. The number of halogens is 2. The second kappa shape index (κ2) is 5.56. The second-order valence-corrected chi connectivity index (χ2v) is 4.85. The maximum absolute atomic E-state index is 13.4. The summed E-state index contributed by atoms with van der Waals surface area (Å²) in [5.41, 5.74) is 5.42. The molecule has 3 nitrogen and oxygen atoms in total. The number of hydrogen-bond acceptors (Lipinski definition) is 3. The lowest BCUT2D eigenvalue weighted by Crippen LogP contribution is -2.29. The van der Waals surface area contributed by atoms with E-state index in [2.05, 4.69) is 26.3 Å². The molecule has 0 amide bonds. The van der Waals surface area contributed by atoms with E-state index in [0.717, 1.165) is 21.2 Å². The molecule has 1 aromatic heterocycles. The normalized spacial score (nSPS) is 12.4. The van der Waals surface area contributed by atoms with Crippen LogP contribution in [0.4, 0.5) is 4.39 Å². The van der Waals surface area contributed by atoms with Crippen molar-refractivity contribution in [3.8, 4) is 0 Å². The van der Waals surface area contributed by atoms with Crippen molar-refractivity contribution in [2.24, 2.45) is 5.84 Å². The van der Waals surface area contributed by atoms with E-state index >= 15 is 0 Å². The molecule has 0 saturated carbocycles. The molecule has 0 spiro atoms. The van der Waals surface area contributed by atoms with Crippen molar-refractivity contribution in [3.63, 3.8) is 0 Å². The Morgan fingerprint density at radius 3 is 2.78 bits per heavy atom. The highest BCUT2D eigenvalue weighted by atomic mass is 79.9. The number of rotatable bonds is 3. The number of benzene rings is 1. The molecule has 94 valence electrons. The summed E-state index contributed by atoms with van der Waals surface area (Å²) in [4.78, 5) is 4.09. The Bertz CT molecular complexity index is 560. The fraction of sp³-hybridized carbons (Fsp3) is 0.154. The molecule has 2 rings (SSSR count). The Balaban J connectivity index is 2.52. The minimum Gasteiger partial charge on any atom is -0.271 e. The van der Waals surface area contributed by atoms with Gasteiger partial charge < -0.3 is 0 Å². The first kappa shape index (κ1) is 13.1. The number of nitrogens with two attached hydrogens (primary N) is 1. The predicted octanol–water partition coefficient (Wildman–Crippen LogP) is 2.84. The molecular weight excluding hydrogens is 297 g/mol. The molecule has 3 N–H and O–H groups in total. The second-order valence-electron chi connectivity index (χ2n) is 4.00. The van der Waals surface area contributed by atoms with Crippen molar-refractivity contribution < 1.29 is 4.39 Å². The van der Waals surface area contributed by atoms with Crippen molar-refractivity contribution in [1.29, 1.82) is 0 Å². The van der Waals surface area contributed by atoms with E-state index in [-0.39, 0.29) is 11.9 Å². The molecular formula is C13H13BrFN3. The van der Waals surface area contributed by atoms with Crippen LogP contribution in [0.2, 0.25) is 0 Å². The highest BCUT2D eigenvalue weighted by molar-refractivity contribution is 9.10. The number of nitrogens with one attached hydrogen (secondary N) is 1. The van der Waals surface area contributed by atoms with Gasteiger partial charge in [-0.3, -0.25) is 10.8 Å². The largest absolute Gasteiger partial charge is 0.271 e. The van der Waals surface area contributed by atoms with Crippen LogP contribution in [0.5, 0.6) is 0 Å². The van der Waals surface area contributed by atoms with Crippen LogP contribution in [0, 0.1) is 12.7 Å². The maximum Gasteiger partial charge on any atom is 0.123 e. The number of hydrazine groups is 1. The smallest absolute Gasteiger partial charge is 0.123 e. The number of hydrogen-bond donors (Lipinski definition) is 2. The quantitative estimate of drug-likeness (QED) is 0.677. The summed E-state index contributed by atoms with van der Waals surface area (Å²) in [5, 5.41) is 0. The van der Waals surface area contributed by atoms with Gasteiger partial charge in [-0.05, 0) is 47.9 Å². The Labute approximate surface area is 113 Å². The van der Waals surface area contributed by atoms with Gasteiger partial charge in [0, 0.05) is 16.9 Å². The van der Waals surface area contributed by atoms with Crippen LogP contribution in [0.25, 0.3) is 0 Å². The summed E-state index contributed by atoms with van der Waals surface area (Å²) in [6.07, 6.45) is 3.45. The fourth-order valence-corrected chi connectivity index (χ4v) is 2.34. The molecule has 1 aromatic carbocycles. The average Bonchev–Trinajstić information content (AvgIpc) is 2.36. The van der Waals surface area contributed by atoms with E-state index in [4.69, 9.17) is 5.84 Å². The lowest BCUT2D eigenvalue weighted by atomic mass is 9.97. The summed E-state index contributed by atoms with van der Waals surface area (Å²) in [5.74, 6) is 5.31. The van der Waals surface area contributed by atoms with Gasteiger partial charge in [0.25, 0.3) is 0 Å². The third-order valence-electron chi connectivity index (χ3n) is 2.83. The topological polar surface area (TPSA) is 50.9 Å². The van der Waals surface area contributed by atoms with E-state index in [1.165, 1.54) is 12.1 Å². The van der Waals surface area contributed by atoms with Crippen molar-refractivity contribution in [3.05, 3.63) is 63.6 Å². The first-order chi connectivity index (χ1) is 8.63. The number of pyridine rings is 1. The van der Waals surface area contributed by atoms with Crippen LogP contribution in [0.3, 0.4) is 0 Å². The van der Waals surface area contributed by atoms with Crippen molar-refractivity contribution >= 4 is 15.9 Å². The zero-order valence-electron chi connectivity index (χ0n) is 9.82. The summed E-state index contributed by atoms with van der Waals surface area (Å²) in [7, 11) is 0. The van der Waals surface area contributed by atoms with Gasteiger partial charge in [0.05, 0.1) is 6.04 Å². The molecule has 1 atom stereocenters. The number of aryl methyl sites for hydroxylation is 1. The van der Waals surface area contributed by atoms with Crippen LogP contribution >= 0.6 is 15.9 Å². The molecule has 2 aromatic rings. The van der Waals surface area contributed by atoms with E-state index in [9.17, 15) is 4.39 Å². The van der Waals surface area contributed by atoms with Crippen LogP contribution in [0.1, 0.15) is 22.7 Å². The van der Waals surface area contributed by atoms with Gasteiger partial charge in [-0.2, -0.15) is 0 Å². The minimum atomic E-state index is -0.302. The van der Waals surface area contributed by atoms with Crippen LogP contribution < -0.4 is 11.3 Å². The van der Waals surface area contributed by atoms with E-state index in [1.807, 2.05) is 13.0 Å². The maximum atomic E-state index is 13.4. The molecule has 1 unspecified atom stereocenters. The molecule has 1 heterocycles. The van der Waals surface area contributed by atoms with Gasteiger partial charge in [-0.1, -0.05) is 15.9 Å². The predicted molar refractivity (Wildman–Crippen MR) is 72.2 cm³/mol. The van der Waals surface area contributed by atoms with E-state index < -0.39 is 0 Å². The SMILES string of the molecule is Cc1ccncc1C(NN)c1cc(F)ccc1Br. The monoisotopic (exact) mass is 309 g/mol. The van der Waals surface area contributed by atoms with Gasteiger partial charge >= 0.3 is 0 Å². The highest BCUT2D eigenvalue weighted by Gasteiger charge is 2.18. The zero-order chi connectivity index (χ0) is 13.1. The molecule has 0 bridgehead atoms. The lowest BCUT2D eigenvalue weighted by molar-refractivity contribution is 0.601. The van der Waals surface area contributed by atoms with Crippen LogP contribution in [-0.2, 0) is 0 Å². The molecule has 18 heavy (non-hydrogen) atoms. The molecule has 0 aliphatic heterocycles. The Kier molecular flexibility index (Phi) is 4.06. The van der Waals surface area contributed by atoms with E-state index in [0.29, 0.717) is 0 Å². The fourth-order valence-electron chi connectivity index (χ4n) is 1.86. The summed E-state index contributed by atoms with van der Waals surface area (Å²) in [6, 6.07) is 6.12. The van der Waals surface area contributed by atoms with E-state index in [1.54, 1.807) is 18.5 Å². The minimum absolute atomic E-state index is 0.296. The Hall–Kier alpha value is -1.30. The summed E-state index contributed by atoms with van der Waals surface area (Å²) < 4.78 is 14.2. The van der Waals surface area contributed by atoms with Crippen molar-refractivity contribution in [2.75, 3.05) is 0 Å². The highest BCUT2D eigenvalue weighted by Crippen LogP contribution is 2.29. The molecule has 0 saturated heterocycles. The first-order valence-electron chi connectivity index (χ1n) is 5.45. The summed E-state index contributed by atoms with van der Waals surface area (Å²) in [6.45, 7) is 1.97. The molecule has 0 radical (unpaired) electrons. The third-order valence-corrected chi connectivity index (χ3v) is 3.55. The summed E-state index contributed by atoms with van der Waals surface area (Å²) >= 11 is 3.41. The van der Waals surface area contributed by atoms with Gasteiger partial charge in [0.2, 0.25) is 0 Å².